The number of benzene rings is 1. The van der Waals surface area contributed by atoms with E-state index in [2.05, 4.69) is 29.7 Å². The molecular weight excluding hydrogens is 494 g/mol. The summed E-state index contributed by atoms with van der Waals surface area (Å²) in [6, 6.07) is 8.40. The van der Waals surface area contributed by atoms with Crippen molar-refractivity contribution in [3.63, 3.8) is 0 Å². The fourth-order valence-corrected chi connectivity index (χ4v) is 4.61. The Morgan fingerprint density at radius 3 is 2.74 bits per heavy atom. The number of aliphatic carboxylic acids is 1. The number of alkyl halides is 1. The molecular formula is C28H38F2N4O4. The molecule has 2 heterocycles. The number of amides is 1. The summed E-state index contributed by atoms with van der Waals surface area (Å²) in [6.45, 7) is 3.66. The van der Waals surface area contributed by atoms with Gasteiger partial charge in [0, 0.05) is 32.4 Å². The molecule has 0 spiro atoms. The van der Waals surface area contributed by atoms with Crippen molar-refractivity contribution in [2.24, 2.45) is 0 Å². The van der Waals surface area contributed by atoms with E-state index in [1.807, 2.05) is 4.90 Å². The number of halogens is 2. The predicted molar refractivity (Wildman–Crippen MR) is 142 cm³/mol. The molecule has 3 N–H and O–H groups in total. The van der Waals surface area contributed by atoms with E-state index in [4.69, 9.17) is 9.72 Å². The van der Waals surface area contributed by atoms with Gasteiger partial charge in [0.05, 0.1) is 11.7 Å². The van der Waals surface area contributed by atoms with Crippen molar-refractivity contribution >= 4 is 17.7 Å². The quantitative estimate of drug-likeness (QED) is 0.298. The lowest BCUT2D eigenvalue weighted by Gasteiger charge is -2.27. The Labute approximate surface area is 222 Å². The van der Waals surface area contributed by atoms with Crippen molar-refractivity contribution in [3.05, 3.63) is 59.0 Å². The first-order chi connectivity index (χ1) is 18.3. The van der Waals surface area contributed by atoms with Gasteiger partial charge in [-0.3, -0.25) is 4.79 Å². The lowest BCUT2D eigenvalue weighted by atomic mass is 9.95. The molecule has 1 aliphatic rings. The number of hydrogen-bond donors (Lipinski definition) is 3. The van der Waals surface area contributed by atoms with Crippen molar-refractivity contribution < 1.29 is 28.2 Å². The number of pyridine rings is 1. The lowest BCUT2D eigenvalue weighted by molar-refractivity contribution is -0.139. The minimum Gasteiger partial charge on any atom is -0.480 e. The number of fused-ring (bicyclic) bond motifs is 1. The number of nitrogens with one attached hydrogen (secondary N) is 2. The molecule has 3 unspecified atom stereocenters. The molecule has 38 heavy (non-hydrogen) atoms. The average Bonchev–Trinajstić information content (AvgIpc) is 2.91. The fraction of sp³-hybridized carbons (Fsp3) is 0.536. The monoisotopic (exact) mass is 532 g/mol. The van der Waals surface area contributed by atoms with Crippen molar-refractivity contribution in [1.29, 1.82) is 0 Å². The van der Waals surface area contributed by atoms with Crippen LogP contribution in [0.2, 0.25) is 0 Å². The van der Waals surface area contributed by atoms with Gasteiger partial charge >= 0.3 is 5.97 Å². The molecule has 3 atom stereocenters. The number of anilines is 1. The van der Waals surface area contributed by atoms with Gasteiger partial charge in [0.25, 0.3) is 5.91 Å². The number of aryl methyl sites for hydroxylation is 1. The number of carboxylic acid groups (broad SMARTS) is 1. The van der Waals surface area contributed by atoms with Gasteiger partial charge in [-0.1, -0.05) is 25.1 Å². The number of methoxy groups -OCH3 is 1. The molecule has 0 radical (unpaired) electrons. The van der Waals surface area contributed by atoms with Gasteiger partial charge in [-0.05, 0) is 68.3 Å². The minimum absolute atomic E-state index is 0.0779. The van der Waals surface area contributed by atoms with Crippen LogP contribution in [0.25, 0.3) is 0 Å². The van der Waals surface area contributed by atoms with Gasteiger partial charge in [0.2, 0.25) is 0 Å². The van der Waals surface area contributed by atoms with Crippen LogP contribution in [0.4, 0.5) is 14.6 Å². The van der Waals surface area contributed by atoms with Gasteiger partial charge in [0.1, 0.15) is 24.4 Å². The van der Waals surface area contributed by atoms with E-state index in [9.17, 15) is 23.5 Å². The van der Waals surface area contributed by atoms with Gasteiger partial charge in [-0.25, -0.2) is 18.6 Å². The first-order valence-electron chi connectivity index (χ1n) is 13.1. The third-order valence-corrected chi connectivity index (χ3v) is 6.97. The van der Waals surface area contributed by atoms with E-state index in [1.54, 1.807) is 0 Å². The van der Waals surface area contributed by atoms with Crippen LogP contribution in [-0.4, -0.2) is 79.0 Å². The van der Waals surface area contributed by atoms with Crippen molar-refractivity contribution in [1.82, 2.24) is 15.2 Å². The first kappa shape index (κ1) is 29.4. The van der Waals surface area contributed by atoms with Crippen LogP contribution in [0.15, 0.2) is 36.4 Å². The Bertz CT molecular complexity index is 1070. The second-order valence-corrected chi connectivity index (χ2v) is 9.76. The van der Waals surface area contributed by atoms with E-state index >= 15 is 0 Å². The van der Waals surface area contributed by atoms with Crippen LogP contribution in [0.1, 0.15) is 60.1 Å². The molecule has 0 fully saturated rings. The molecule has 0 saturated heterocycles. The highest BCUT2D eigenvalue weighted by Crippen LogP contribution is 2.29. The third kappa shape index (κ3) is 8.46. The van der Waals surface area contributed by atoms with Crippen LogP contribution in [0.5, 0.6) is 0 Å². The average molecular weight is 533 g/mol. The van der Waals surface area contributed by atoms with Gasteiger partial charge in [0.15, 0.2) is 0 Å². The number of ether oxygens (including phenoxy) is 1. The van der Waals surface area contributed by atoms with Crippen LogP contribution in [0.3, 0.4) is 0 Å². The zero-order valence-electron chi connectivity index (χ0n) is 22.1. The minimum atomic E-state index is -1.22. The number of aromatic nitrogens is 1. The summed E-state index contributed by atoms with van der Waals surface area (Å²) in [4.78, 5) is 31.0. The molecule has 3 rings (SSSR count). The number of hydrogen-bond acceptors (Lipinski definition) is 6. The second-order valence-electron chi connectivity index (χ2n) is 9.76. The normalized spacial score (nSPS) is 16.4. The van der Waals surface area contributed by atoms with E-state index in [-0.39, 0.29) is 12.0 Å². The SMILES string of the molecule is COC(CF)CN(CCCCc1ccc2c(n1)NCCC2C)CCC(NC(=O)c1ccccc1F)C(=O)O. The lowest BCUT2D eigenvalue weighted by Crippen LogP contribution is -2.44. The predicted octanol–water partition coefficient (Wildman–Crippen LogP) is 4.02. The number of unbranched alkanes of at least 4 members (excludes halogenated alkanes) is 1. The maximum atomic E-state index is 13.9. The number of carboxylic acids is 1. The van der Waals surface area contributed by atoms with Gasteiger partial charge < -0.3 is 25.4 Å². The maximum Gasteiger partial charge on any atom is 0.326 e. The molecule has 8 nitrogen and oxygen atoms in total. The maximum absolute atomic E-state index is 13.9. The van der Waals surface area contributed by atoms with Crippen molar-refractivity contribution in [2.45, 2.75) is 57.1 Å². The van der Waals surface area contributed by atoms with E-state index < -0.39 is 36.5 Å². The summed E-state index contributed by atoms with van der Waals surface area (Å²) in [6.07, 6.45) is 2.99. The molecule has 0 aliphatic carbocycles. The zero-order chi connectivity index (χ0) is 27.5. The summed E-state index contributed by atoms with van der Waals surface area (Å²) < 4.78 is 32.5. The number of carbonyl (C=O) groups excluding carboxylic acids is 1. The van der Waals surface area contributed by atoms with Gasteiger partial charge in [-0.15, -0.1) is 0 Å². The summed E-state index contributed by atoms with van der Waals surface area (Å²) in [5.74, 6) is -1.27. The molecule has 1 aromatic carbocycles. The summed E-state index contributed by atoms with van der Waals surface area (Å²) in [7, 11) is 1.44. The highest BCUT2D eigenvalue weighted by molar-refractivity contribution is 5.96. The van der Waals surface area contributed by atoms with Crippen molar-refractivity contribution in [3.8, 4) is 0 Å². The van der Waals surface area contributed by atoms with Crippen LogP contribution >= 0.6 is 0 Å². The Morgan fingerprint density at radius 2 is 2.03 bits per heavy atom. The Balaban J connectivity index is 1.54. The molecule has 2 aromatic rings. The van der Waals surface area contributed by atoms with E-state index in [0.29, 0.717) is 25.6 Å². The zero-order valence-corrected chi connectivity index (χ0v) is 22.1. The third-order valence-electron chi connectivity index (χ3n) is 6.97. The smallest absolute Gasteiger partial charge is 0.326 e. The Morgan fingerprint density at radius 1 is 1.24 bits per heavy atom. The molecule has 1 aromatic heterocycles. The molecule has 208 valence electrons. The highest BCUT2D eigenvalue weighted by Gasteiger charge is 2.24. The summed E-state index contributed by atoms with van der Waals surface area (Å²) >= 11 is 0. The topological polar surface area (TPSA) is 104 Å². The Kier molecular flexibility index (Phi) is 11.4. The number of nitrogens with zero attached hydrogens (tertiary/aromatic N) is 2. The molecule has 1 aliphatic heterocycles. The first-order valence-corrected chi connectivity index (χ1v) is 13.1. The molecule has 10 heteroatoms. The number of carbonyl (C=O) groups is 2. The number of rotatable bonds is 15. The highest BCUT2D eigenvalue weighted by atomic mass is 19.1. The summed E-state index contributed by atoms with van der Waals surface area (Å²) in [5, 5.41) is 15.4. The largest absolute Gasteiger partial charge is 0.480 e. The van der Waals surface area contributed by atoms with E-state index in [1.165, 1.54) is 30.9 Å². The van der Waals surface area contributed by atoms with Crippen LogP contribution < -0.4 is 10.6 Å². The second kappa shape index (κ2) is 14.7. The molecule has 0 saturated carbocycles. The summed E-state index contributed by atoms with van der Waals surface area (Å²) in [5.41, 5.74) is 2.04. The van der Waals surface area contributed by atoms with E-state index in [0.717, 1.165) is 49.8 Å². The van der Waals surface area contributed by atoms with Crippen LogP contribution in [0, 0.1) is 5.82 Å². The van der Waals surface area contributed by atoms with Gasteiger partial charge in [-0.2, -0.15) is 0 Å². The Hall–Kier alpha value is -3.11. The fourth-order valence-electron chi connectivity index (χ4n) is 4.61. The van der Waals surface area contributed by atoms with Crippen LogP contribution in [-0.2, 0) is 16.0 Å². The standard InChI is InChI=1S/C28H38F2N4O4/c1-19-12-14-31-26-22(19)11-10-20(32-26)7-5-6-15-34(18-21(17-29)38-2)16-13-25(28(36)37)33-27(35)23-8-3-4-9-24(23)30/h3-4,8-11,19,21,25H,5-7,12-18H2,1-2H3,(H,31,32)(H,33,35)(H,36,37). The van der Waals surface area contributed by atoms with Crippen molar-refractivity contribution in [2.75, 3.05) is 45.3 Å². The molecule has 1 amide bonds. The molecule has 0 bridgehead atoms.